The van der Waals surface area contributed by atoms with Crippen LogP contribution in [-0.4, -0.2) is 11.9 Å². The minimum atomic E-state index is -0.0167. The van der Waals surface area contributed by atoms with Gasteiger partial charge in [-0.25, -0.2) is 0 Å². The number of hydrogen-bond acceptors (Lipinski definition) is 2. The zero-order valence-corrected chi connectivity index (χ0v) is 11.2. The van der Waals surface area contributed by atoms with Gasteiger partial charge in [-0.1, -0.05) is 25.1 Å². The van der Waals surface area contributed by atoms with E-state index in [9.17, 15) is 4.79 Å². The van der Waals surface area contributed by atoms with Crippen LogP contribution in [0.1, 0.15) is 38.7 Å². The molecule has 2 rings (SSSR count). The number of hydrogen-bond donors (Lipinski definition) is 2. The molecule has 2 unspecified atom stereocenters. The maximum absolute atomic E-state index is 11.1. The van der Waals surface area contributed by atoms with Crippen molar-refractivity contribution in [1.82, 2.24) is 5.32 Å². The fourth-order valence-corrected chi connectivity index (χ4v) is 2.63. The van der Waals surface area contributed by atoms with Gasteiger partial charge in [0.05, 0.1) is 0 Å². The van der Waals surface area contributed by atoms with Crippen molar-refractivity contribution < 1.29 is 4.79 Å². The van der Waals surface area contributed by atoms with Crippen LogP contribution in [0.15, 0.2) is 24.3 Å². The van der Waals surface area contributed by atoms with Gasteiger partial charge in [0.15, 0.2) is 0 Å². The first-order valence-corrected chi connectivity index (χ1v) is 6.74. The summed E-state index contributed by atoms with van der Waals surface area (Å²) in [5, 5.41) is 6.47. The van der Waals surface area contributed by atoms with Crippen molar-refractivity contribution >= 4 is 11.6 Å². The van der Waals surface area contributed by atoms with E-state index in [1.165, 1.54) is 19.3 Å². The van der Waals surface area contributed by atoms with Crippen molar-refractivity contribution in [2.24, 2.45) is 5.92 Å². The molecule has 0 spiro atoms. The van der Waals surface area contributed by atoms with Crippen LogP contribution in [0.5, 0.6) is 0 Å². The summed E-state index contributed by atoms with van der Waals surface area (Å²) in [6.45, 7) is 4.68. The van der Waals surface area contributed by atoms with Crippen molar-refractivity contribution in [2.75, 3.05) is 5.32 Å². The van der Waals surface area contributed by atoms with Crippen LogP contribution in [0.2, 0.25) is 0 Å². The van der Waals surface area contributed by atoms with E-state index in [2.05, 4.69) is 23.6 Å². The van der Waals surface area contributed by atoms with E-state index in [0.717, 1.165) is 23.7 Å². The van der Waals surface area contributed by atoms with Gasteiger partial charge in [0.2, 0.25) is 5.91 Å². The Balaban J connectivity index is 1.94. The van der Waals surface area contributed by atoms with Crippen LogP contribution in [0.3, 0.4) is 0 Å². The lowest BCUT2D eigenvalue weighted by molar-refractivity contribution is -0.114. The summed E-state index contributed by atoms with van der Waals surface area (Å²) in [4.78, 5) is 11.1. The smallest absolute Gasteiger partial charge is 0.221 e. The van der Waals surface area contributed by atoms with Gasteiger partial charge in [0, 0.05) is 25.2 Å². The van der Waals surface area contributed by atoms with Crippen molar-refractivity contribution in [1.29, 1.82) is 0 Å². The van der Waals surface area contributed by atoms with Gasteiger partial charge >= 0.3 is 0 Å². The number of rotatable bonds is 4. The molecule has 2 atom stereocenters. The van der Waals surface area contributed by atoms with Crippen molar-refractivity contribution in [2.45, 2.75) is 45.7 Å². The molecule has 1 aromatic rings. The lowest BCUT2D eigenvalue weighted by Crippen LogP contribution is -2.26. The van der Waals surface area contributed by atoms with Crippen molar-refractivity contribution in [3.05, 3.63) is 29.8 Å². The molecular weight excluding hydrogens is 224 g/mol. The first-order valence-electron chi connectivity index (χ1n) is 6.74. The van der Waals surface area contributed by atoms with E-state index in [1.54, 1.807) is 6.92 Å². The largest absolute Gasteiger partial charge is 0.326 e. The summed E-state index contributed by atoms with van der Waals surface area (Å²) < 4.78 is 0. The number of anilines is 1. The van der Waals surface area contributed by atoms with Gasteiger partial charge in [-0.05, 0) is 36.8 Å². The Kier molecular flexibility index (Phi) is 4.37. The third-order valence-corrected chi connectivity index (χ3v) is 3.60. The SMILES string of the molecule is CC(=O)Nc1ccccc1CNC1CCC(C)C1. The van der Waals surface area contributed by atoms with Crippen LogP contribution in [-0.2, 0) is 11.3 Å². The lowest BCUT2D eigenvalue weighted by atomic mass is 10.1. The minimum Gasteiger partial charge on any atom is -0.326 e. The molecule has 0 heterocycles. The Morgan fingerprint density at radius 2 is 2.11 bits per heavy atom. The molecule has 3 nitrogen and oxygen atoms in total. The highest BCUT2D eigenvalue weighted by Crippen LogP contribution is 2.25. The Bertz CT molecular complexity index is 417. The topological polar surface area (TPSA) is 41.1 Å². The van der Waals surface area contributed by atoms with E-state index in [4.69, 9.17) is 0 Å². The molecule has 18 heavy (non-hydrogen) atoms. The summed E-state index contributed by atoms with van der Waals surface area (Å²) in [7, 11) is 0. The van der Waals surface area contributed by atoms with E-state index in [1.807, 2.05) is 18.2 Å². The molecule has 1 aliphatic rings. The summed E-state index contributed by atoms with van der Waals surface area (Å²) in [6, 6.07) is 8.61. The predicted molar refractivity (Wildman–Crippen MR) is 74.4 cm³/mol. The third-order valence-electron chi connectivity index (χ3n) is 3.60. The molecule has 1 amide bonds. The molecular formula is C15H22N2O. The maximum Gasteiger partial charge on any atom is 0.221 e. The molecule has 0 aromatic heterocycles. The number of nitrogens with one attached hydrogen (secondary N) is 2. The van der Waals surface area contributed by atoms with E-state index < -0.39 is 0 Å². The molecule has 1 aromatic carbocycles. The average molecular weight is 246 g/mol. The summed E-state index contributed by atoms with van der Waals surface area (Å²) >= 11 is 0. The van der Waals surface area contributed by atoms with Gasteiger partial charge in [0.1, 0.15) is 0 Å². The predicted octanol–water partition coefficient (Wildman–Crippen LogP) is 2.92. The Labute approximate surface area is 109 Å². The quantitative estimate of drug-likeness (QED) is 0.857. The van der Waals surface area contributed by atoms with Gasteiger partial charge in [-0.2, -0.15) is 0 Å². The second-order valence-electron chi connectivity index (χ2n) is 5.33. The summed E-state index contributed by atoms with van der Waals surface area (Å²) in [5.74, 6) is 0.824. The monoisotopic (exact) mass is 246 g/mol. The van der Waals surface area contributed by atoms with Crippen LogP contribution in [0.4, 0.5) is 5.69 Å². The van der Waals surface area contributed by atoms with Gasteiger partial charge < -0.3 is 10.6 Å². The fraction of sp³-hybridized carbons (Fsp3) is 0.533. The fourth-order valence-electron chi connectivity index (χ4n) is 2.63. The highest BCUT2D eigenvalue weighted by Gasteiger charge is 2.20. The zero-order chi connectivity index (χ0) is 13.0. The molecule has 1 saturated carbocycles. The van der Waals surface area contributed by atoms with Gasteiger partial charge in [0.25, 0.3) is 0 Å². The van der Waals surface area contributed by atoms with E-state index in [-0.39, 0.29) is 5.91 Å². The first-order chi connectivity index (χ1) is 8.65. The van der Waals surface area contributed by atoms with Gasteiger partial charge in [-0.3, -0.25) is 4.79 Å². The average Bonchev–Trinajstić information content (AvgIpc) is 2.73. The highest BCUT2D eigenvalue weighted by atomic mass is 16.1. The van der Waals surface area contributed by atoms with Crippen molar-refractivity contribution in [3.8, 4) is 0 Å². The van der Waals surface area contributed by atoms with E-state index >= 15 is 0 Å². The molecule has 1 aliphatic carbocycles. The van der Waals surface area contributed by atoms with Crippen LogP contribution < -0.4 is 10.6 Å². The summed E-state index contributed by atoms with van der Waals surface area (Å²) in [5.41, 5.74) is 2.08. The first kappa shape index (κ1) is 13.1. The molecule has 3 heteroatoms. The highest BCUT2D eigenvalue weighted by molar-refractivity contribution is 5.89. The van der Waals surface area contributed by atoms with Gasteiger partial charge in [-0.15, -0.1) is 0 Å². The lowest BCUT2D eigenvalue weighted by Gasteiger charge is -2.15. The van der Waals surface area contributed by atoms with Crippen LogP contribution in [0.25, 0.3) is 0 Å². The number of amides is 1. The number of carbonyl (C=O) groups is 1. The Hall–Kier alpha value is -1.35. The summed E-state index contributed by atoms with van der Waals surface area (Å²) in [6.07, 6.45) is 3.86. The van der Waals surface area contributed by atoms with E-state index in [0.29, 0.717) is 6.04 Å². The van der Waals surface area contributed by atoms with Crippen LogP contribution in [0, 0.1) is 5.92 Å². The number of para-hydroxylation sites is 1. The maximum atomic E-state index is 11.1. The molecule has 2 N–H and O–H groups in total. The molecule has 0 radical (unpaired) electrons. The standard InChI is InChI=1S/C15H22N2O/c1-11-7-8-14(9-11)16-10-13-5-3-4-6-15(13)17-12(2)18/h3-6,11,14,16H,7-10H2,1-2H3,(H,17,18). The Morgan fingerprint density at radius 3 is 2.78 bits per heavy atom. The molecule has 0 aliphatic heterocycles. The van der Waals surface area contributed by atoms with Crippen LogP contribution >= 0.6 is 0 Å². The molecule has 98 valence electrons. The zero-order valence-electron chi connectivity index (χ0n) is 11.2. The Morgan fingerprint density at radius 1 is 1.33 bits per heavy atom. The normalized spacial score (nSPS) is 23.0. The number of carbonyl (C=O) groups excluding carboxylic acids is 1. The third kappa shape index (κ3) is 3.57. The molecule has 0 saturated heterocycles. The molecule has 0 bridgehead atoms. The molecule has 1 fully saturated rings. The number of benzene rings is 1. The minimum absolute atomic E-state index is 0.0167. The second kappa shape index (κ2) is 6.01. The second-order valence-corrected chi connectivity index (χ2v) is 5.33. The van der Waals surface area contributed by atoms with Crippen molar-refractivity contribution in [3.63, 3.8) is 0 Å².